The molecule has 4 nitrogen and oxygen atoms in total. The number of hydrogen-bond donors (Lipinski definition) is 2. The van der Waals surface area contributed by atoms with Gasteiger partial charge in [-0.3, -0.25) is 4.79 Å². The van der Waals surface area contributed by atoms with Gasteiger partial charge in [0, 0.05) is 0 Å². The van der Waals surface area contributed by atoms with Crippen LogP contribution < -0.4 is 15.4 Å². The van der Waals surface area contributed by atoms with Crippen molar-refractivity contribution in [3.63, 3.8) is 0 Å². The van der Waals surface area contributed by atoms with E-state index in [0.717, 1.165) is 36.7 Å². The molecule has 0 aliphatic heterocycles. The first-order valence-electron chi connectivity index (χ1n) is 8.07. The maximum atomic E-state index is 12.0. The second-order valence-corrected chi connectivity index (χ2v) is 6.14. The van der Waals surface area contributed by atoms with Crippen LogP contribution >= 0.6 is 12.4 Å². The molecule has 1 aromatic rings. The summed E-state index contributed by atoms with van der Waals surface area (Å²) in [6.07, 6.45) is 7.61. The molecule has 2 aliphatic carbocycles. The Kier molecular flexibility index (Phi) is 6.52. The molecule has 0 saturated heterocycles. The lowest BCUT2D eigenvalue weighted by Gasteiger charge is -2.17. The number of nitrogens with one attached hydrogen (secondary N) is 2. The van der Waals surface area contributed by atoms with Crippen LogP contribution in [0.5, 0.6) is 5.75 Å². The average molecular weight is 325 g/mol. The van der Waals surface area contributed by atoms with E-state index in [4.69, 9.17) is 4.74 Å². The minimum Gasteiger partial charge on any atom is -0.488 e. The number of amides is 1. The quantitative estimate of drug-likeness (QED) is 0.808. The Morgan fingerprint density at radius 3 is 2.59 bits per heavy atom. The molecule has 1 aromatic carbocycles. The molecule has 22 heavy (non-hydrogen) atoms. The molecule has 0 bridgehead atoms. The molecule has 0 aromatic heterocycles. The third-order valence-corrected chi connectivity index (χ3v) is 4.17. The van der Waals surface area contributed by atoms with Crippen molar-refractivity contribution in [2.45, 2.75) is 44.6 Å². The summed E-state index contributed by atoms with van der Waals surface area (Å²) in [6, 6.07) is 7.72. The highest BCUT2D eigenvalue weighted by molar-refractivity contribution is 5.93. The Hall–Kier alpha value is -1.26. The van der Waals surface area contributed by atoms with Crippen molar-refractivity contribution in [3.05, 3.63) is 24.3 Å². The molecule has 1 amide bonds. The smallest absolute Gasteiger partial charge is 0.238 e. The molecular formula is C17H25ClN2O2. The number of carbonyl (C=O) groups is 1. The summed E-state index contributed by atoms with van der Waals surface area (Å²) in [4.78, 5) is 12.0. The highest BCUT2D eigenvalue weighted by atomic mass is 35.5. The van der Waals surface area contributed by atoms with Crippen molar-refractivity contribution >= 4 is 24.0 Å². The molecule has 2 saturated carbocycles. The van der Waals surface area contributed by atoms with Crippen molar-refractivity contribution < 1.29 is 9.53 Å². The monoisotopic (exact) mass is 324 g/mol. The van der Waals surface area contributed by atoms with E-state index < -0.39 is 0 Å². The number of hydrogen-bond acceptors (Lipinski definition) is 3. The molecule has 2 N–H and O–H groups in total. The second-order valence-electron chi connectivity index (χ2n) is 6.14. The summed E-state index contributed by atoms with van der Waals surface area (Å²) in [5, 5.41) is 6.16. The summed E-state index contributed by atoms with van der Waals surface area (Å²) >= 11 is 0. The number of rotatable bonds is 7. The average Bonchev–Trinajstić information content (AvgIpc) is 3.16. The van der Waals surface area contributed by atoms with E-state index in [2.05, 4.69) is 10.6 Å². The van der Waals surface area contributed by atoms with Gasteiger partial charge >= 0.3 is 0 Å². The fourth-order valence-electron chi connectivity index (χ4n) is 2.76. The van der Waals surface area contributed by atoms with E-state index in [1.807, 2.05) is 24.3 Å². The van der Waals surface area contributed by atoms with E-state index in [-0.39, 0.29) is 18.3 Å². The number of anilines is 1. The Morgan fingerprint density at radius 2 is 1.86 bits per heavy atom. The van der Waals surface area contributed by atoms with Crippen LogP contribution in [-0.2, 0) is 4.79 Å². The molecule has 0 heterocycles. The molecule has 0 atom stereocenters. The van der Waals surface area contributed by atoms with Gasteiger partial charge < -0.3 is 15.4 Å². The number of para-hydroxylation sites is 2. The highest BCUT2D eigenvalue weighted by Gasteiger charge is 2.21. The fraction of sp³-hybridized carbons (Fsp3) is 0.588. The van der Waals surface area contributed by atoms with Gasteiger partial charge in [0.2, 0.25) is 5.91 Å². The standard InChI is InChI=1S/C17H24N2O2.ClH/c20-17(12-18-11-13-9-10-13)19-15-7-3-4-8-16(15)21-14-5-1-2-6-14;/h3-4,7-8,13-14,18H,1-2,5-6,9-12H2,(H,19,20);1H. The van der Waals surface area contributed by atoms with Crippen molar-refractivity contribution in [1.82, 2.24) is 5.32 Å². The van der Waals surface area contributed by atoms with E-state index in [1.165, 1.54) is 25.7 Å². The Balaban J connectivity index is 0.00000176. The van der Waals surface area contributed by atoms with Gasteiger partial charge in [-0.2, -0.15) is 0 Å². The topological polar surface area (TPSA) is 50.4 Å². The van der Waals surface area contributed by atoms with E-state index >= 15 is 0 Å². The van der Waals surface area contributed by atoms with Gasteiger partial charge in [-0.1, -0.05) is 12.1 Å². The summed E-state index contributed by atoms with van der Waals surface area (Å²) in [5.74, 6) is 1.58. The van der Waals surface area contributed by atoms with Gasteiger partial charge in [-0.15, -0.1) is 12.4 Å². The molecule has 2 aliphatic rings. The largest absolute Gasteiger partial charge is 0.488 e. The van der Waals surface area contributed by atoms with Crippen molar-refractivity contribution in [1.29, 1.82) is 0 Å². The minimum atomic E-state index is -0.00174. The summed E-state index contributed by atoms with van der Waals surface area (Å²) in [7, 11) is 0. The van der Waals surface area contributed by atoms with Gasteiger partial charge in [0.15, 0.2) is 0 Å². The first-order chi connectivity index (χ1) is 10.3. The molecule has 0 spiro atoms. The van der Waals surface area contributed by atoms with E-state index in [9.17, 15) is 4.79 Å². The molecule has 2 fully saturated rings. The minimum absolute atomic E-state index is 0. The SMILES string of the molecule is Cl.O=C(CNCC1CC1)Nc1ccccc1OC1CCCC1. The third-order valence-electron chi connectivity index (χ3n) is 4.17. The van der Waals surface area contributed by atoms with Crippen LogP contribution in [0.1, 0.15) is 38.5 Å². The highest BCUT2D eigenvalue weighted by Crippen LogP contribution is 2.30. The lowest BCUT2D eigenvalue weighted by atomic mass is 10.2. The summed E-state index contributed by atoms with van der Waals surface area (Å²) < 4.78 is 6.02. The van der Waals surface area contributed by atoms with Gasteiger partial charge in [0.05, 0.1) is 18.3 Å². The molecule has 5 heteroatoms. The van der Waals surface area contributed by atoms with E-state index in [0.29, 0.717) is 12.6 Å². The number of ether oxygens (including phenoxy) is 1. The third kappa shape index (κ3) is 5.18. The lowest BCUT2D eigenvalue weighted by Crippen LogP contribution is -2.29. The Labute approximate surface area is 138 Å². The van der Waals surface area contributed by atoms with Crippen LogP contribution in [0.3, 0.4) is 0 Å². The molecule has 0 radical (unpaired) electrons. The van der Waals surface area contributed by atoms with Crippen molar-refractivity contribution in [3.8, 4) is 5.75 Å². The Bertz CT molecular complexity index is 485. The van der Waals surface area contributed by atoms with Gasteiger partial charge in [-0.05, 0) is 63.1 Å². The Morgan fingerprint density at radius 1 is 1.14 bits per heavy atom. The van der Waals surface area contributed by atoms with Crippen LogP contribution in [0.25, 0.3) is 0 Å². The fourth-order valence-corrected chi connectivity index (χ4v) is 2.76. The second kappa shape index (κ2) is 8.39. The molecule has 3 rings (SSSR count). The zero-order chi connectivity index (χ0) is 14.5. The zero-order valence-electron chi connectivity index (χ0n) is 12.8. The maximum Gasteiger partial charge on any atom is 0.238 e. The summed E-state index contributed by atoms with van der Waals surface area (Å²) in [6.45, 7) is 1.32. The zero-order valence-corrected chi connectivity index (χ0v) is 13.7. The molecule has 0 unspecified atom stereocenters. The molecule has 122 valence electrons. The van der Waals surface area contributed by atoms with Crippen LogP contribution in [0, 0.1) is 5.92 Å². The van der Waals surface area contributed by atoms with Crippen LogP contribution in [-0.4, -0.2) is 25.1 Å². The normalized spacial score (nSPS) is 17.8. The number of carbonyl (C=O) groups excluding carboxylic acids is 1. The predicted molar refractivity (Wildman–Crippen MR) is 90.8 cm³/mol. The van der Waals surface area contributed by atoms with Gasteiger partial charge in [0.25, 0.3) is 0 Å². The lowest BCUT2D eigenvalue weighted by molar-refractivity contribution is -0.115. The first-order valence-corrected chi connectivity index (χ1v) is 8.07. The summed E-state index contributed by atoms with van der Waals surface area (Å²) in [5.41, 5.74) is 0.780. The van der Waals surface area contributed by atoms with Gasteiger partial charge in [-0.25, -0.2) is 0 Å². The van der Waals surface area contributed by atoms with Crippen LogP contribution in [0.2, 0.25) is 0 Å². The molecular weight excluding hydrogens is 300 g/mol. The predicted octanol–water partition coefficient (Wildman–Crippen LogP) is 3.37. The number of benzene rings is 1. The number of halogens is 1. The van der Waals surface area contributed by atoms with Crippen LogP contribution in [0.4, 0.5) is 5.69 Å². The van der Waals surface area contributed by atoms with Crippen molar-refractivity contribution in [2.24, 2.45) is 5.92 Å². The first kappa shape index (κ1) is 17.1. The van der Waals surface area contributed by atoms with E-state index in [1.54, 1.807) is 0 Å². The van der Waals surface area contributed by atoms with Gasteiger partial charge in [0.1, 0.15) is 5.75 Å². The van der Waals surface area contributed by atoms with Crippen LogP contribution in [0.15, 0.2) is 24.3 Å². The maximum absolute atomic E-state index is 12.0. The van der Waals surface area contributed by atoms with Crippen molar-refractivity contribution in [2.75, 3.05) is 18.4 Å².